The molecule has 22 heavy (non-hydrogen) atoms. The number of aryl methyl sites for hydroxylation is 2. The highest BCUT2D eigenvalue weighted by molar-refractivity contribution is 5.84. The van der Waals surface area contributed by atoms with Crippen LogP contribution in [0.3, 0.4) is 0 Å². The largest absolute Gasteiger partial charge is 0.455 e. The smallest absolute Gasteiger partial charge is 0.196 e. The van der Waals surface area contributed by atoms with Crippen LogP contribution in [-0.2, 0) is 7.05 Å². The van der Waals surface area contributed by atoms with Crippen LogP contribution in [0.25, 0.3) is 22.3 Å². The van der Waals surface area contributed by atoms with Crippen LogP contribution in [0.5, 0.6) is 0 Å². The van der Waals surface area contributed by atoms with E-state index in [0.29, 0.717) is 27.9 Å². The topological polar surface area (TPSA) is 68.3 Å². The van der Waals surface area contributed by atoms with Gasteiger partial charge in [0.25, 0.3) is 0 Å². The first-order valence-corrected chi connectivity index (χ1v) is 7.13. The van der Waals surface area contributed by atoms with Crippen LogP contribution in [0.4, 0.5) is 0 Å². The summed E-state index contributed by atoms with van der Waals surface area (Å²) in [5.74, 6) is 0.497. The predicted molar refractivity (Wildman–Crippen MR) is 84.8 cm³/mol. The Labute approximate surface area is 127 Å². The molecular weight excluding hydrogens is 280 g/mol. The zero-order valence-corrected chi connectivity index (χ0v) is 13.0. The highest BCUT2D eigenvalue weighted by Crippen LogP contribution is 2.30. The van der Waals surface area contributed by atoms with E-state index in [0.717, 1.165) is 11.1 Å². The first kappa shape index (κ1) is 14.5. The quantitative estimate of drug-likeness (QED) is 0.790. The fraction of sp³-hybridized carbons (Fsp3) is 0.294. The molecule has 0 bridgehead atoms. The fourth-order valence-electron chi connectivity index (χ4n) is 2.69. The molecule has 0 saturated carbocycles. The number of benzene rings is 1. The minimum absolute atomic E-state index is 0.0781. The third-order valence-electron chi connectivity index (χ3n) is 3.81. The summed E-state index contributed by atoms with van der Waals surface area (Å²) in [5.41, 5.74) is 3.20. The third kappa shape index (κ3) is 2.23. The summed E-state index contributed by atoms with van der Waals surface area (Å²) < 4.78 is 7.66. The van der Waals surface area contributed by atoms with Gasteiger partial charge < -0.3 is 9.52 Å². The van der Waals surface area contributed by atoms with Crippen LogP contribution in [0, 0.1) is 13.8 Å². The second-order valence-corrected chi connectivity index (χ2v) is 5.69. The summed E-state index contributed by atoms with van der Waals surface area (Å²) in [4.78, 5) is 12.7. The van der Waals surface area contributed by atoms with Crippen LogP contribution in [0.1, 0.15) is 29.7 Å². The number of fused-ring (bicyclic) bond motifs is 1. The Kier molecular flexibility index (Phi) is 3.37. The average molecular weight is 298 g/mol. The molecule has 0 aliphatic heterocycles. The lowest BCUT2D eigenvalue weighted by molar-refractivity contribution is 0.199. The van der Waals surface area contributed by atoms with Crippen molar-refractivity contribution in [2.75, 3.05) is 0 Å². The molecule has 0 saturated heterocycles. The molecule has 2 aromatic heterocycles. The third-order valence-corrected chi connectivity index (χ3v) is 3.81. The van der Waals surface area contributed by atoms with E-state index in [-0.39, 0.29) is 5.43 Å². The van der Waals surface area contributed by atoms with Gasteiger partial charge in [-0.15, -0.1) is 0 Å². The van der Waals surface area contributed by atoms with E-state index >= 15 is 0 Å². The van der Waals surface area contributed by atoms with E-state index in [1.165, 1.54) is 0 Å². The number of aliphatic hydroxyl groups excluding tert-OH is 1. The van der Waals surface area contributed by atoms with E-state index in [1.807, 2.05) is 20.0 Å². The molecular formula is C17H18N2O3. The Morgan fingerprint density at radius 1 is 1.32 bits per heavy atom. The number of rotatable bonds is 2. The second-order valence-electron chi connectivity index (χ2n) is 5.69. The van der Waals surface area contributed by atoms with Gasteiger partial charge in [0.2, 0.25) is 0 Å². The van der Waals surface area contributed by atoms with Crippen LogP contribution in [0.15, 0.2) is 33.7 Å². The maximum atomic E-state index is 12.7. The van der Waals surface area contributed by atoms with Crippen molar-refractivity contribution in [2.45, 2.75) is 26.9 Å². The zero-order valence-electron chi connectivity index (χ0n) is 13.0. The van der Waals surface area contributed by atoms with E-state index in [2.05, 4.69) is 5.10 Å². The number of hydrogen-bond acceptors (Lipinski definition) is 4. The molecule has 114 valence electrons. The van der Waals surface area contributed by atoms with Crippen molar-refractivity contribution in [1.82, 2.24) is 9.78 Å². The van der Waals surface area contributed by atoms with Crippen molar-refractivity contribution in [1.29, 1.82) is 0 Å². The van der Waals surface area contributed by atoms with Gasteiger partial charge in [-0.3, -0.25) is 9.48 Å². The Morgan fingerprint density at radius 2 is 2.05 bits per heavy atom. The molecule has 0 amide bonds. The molecule has 0 aliphatic carbocycles. The second kappa shape index (κ2) is 5.10. The molecule has 0 spiro atoms. The molecule has 3 rings (SSSR count). The molecule has 5 heteroatoms. The fourth-order valence-corrected chi connectivity index (χ4v) is 2.69. The summed E-state index contributed by atoms with van der Waals surface area (Å²) in [7, 11) is 1.81. The van der Waals surface area contributed by atoms with Crippen molar-refractivity contribution >= 4 is 11.0 Å². The summed E-state index contributed by atoms with van der Waals surface area (Å²) in [5, 5.41) is 14.6. The lowest BCUT2D eigenvalue weighted by Crippen LogP contribution is -2.09. The Hall–Kier alpha value is -2.40. The zero-order chi connectivity index (χ0) is 16.0. The van der Waals surface area contributed by atoms with E-state index in [1.54, 1.807) is 37.0 Å². The SMILES string of the molecule is Cc1cc([C@H](C)O)c2oc(-c3cnn(C)c3)c(C)c(=O)c2c1. The molecule has 1 aromatic carbocycles. The van der Waals surface area contributed by atoms with Gasteiger partial charge in [-0.1, -0.05) is 0 Å². The van der Waals surface area contributed by atoms with Crippen molar-refractivity contribution < 1.29 is 9.52 Å². The first-order chi connectivity index (χ1) is 10.4. The van der Waals surface area contributed by atoms with Gasteiger partial charge >= 0.3 is 0 Å². The molecule has 0 aliphatic rings. The average Bonchev–Trinajstić information content (AvgIpc) is 2.88. The standard InChI is InChI=1S/C17H18N2O3/c1-9-5-13(11(3)20)17-14(6-9)15(21)10(2)16(22-17)12-7-18-19(4)8-12/h5-8,11,20H,1-4H3/t11-/m0/s1. The summed E-state index contributed by atoms with van der Waals surface area (Å²) >= 11 is 0. The summed E-state index contributed by atoms with van der Waals surface area (Å²) in [6.45, 7) is 5.31. The molecule has 5 nitrogen and oxygen atoms in total. The number of hydrogen-bond donors (Lipinski definition) is 1. The molecule has 1 atom stereocenters. The van der Waals surface area contributed by atoms with Gasteiger partial charge in [-0.2, -0.15) is 5.10 Å². The Bertz CT molecular complexity index is 920. The van der Waals surface area contributed by atoms with Gasteiger partial charge in [0.15, 0.2) is 5.43 Å². The van der Waals surface area contributed by atoms with Gasteiger partial charge in [0.05, 0.1) is 23.3 Å². The highest BCUT2D eigenvalue weighted by Gasteiger charge is 2.18. The van der Waals surface area contributed by atoms with Crippen LogP contribution >= 0.6 is 0 Å². The van der Waals surface area contributed by atoms with Crippen LogP contribution in [0.2, 0.25) is 0 Å². The van der Waals surface area contributed by atoms with E-state index < -0.39 is 6.10 Å². The van der Waals surface area contributed by atoms with Crippen molar-refractivity contribution in [2.24, 2.45) is 7.05 Å². The van der Waals surface area contributed by atoms with E-state index in [9.17, 15) is 9.90 Å². The molecule has 1 N–H and O–H groups in total. The monoisotopic (exact) mass is 298 g/mol. The summed E-state index contributed by atoms with van der Waals surface area (Å²) in [6, 6.07) is 3.64. The maximum absolute atomic E-state index is 12.7. The Morgan fingerprint density at radius 3 is 2.64 bits per heavy atom. The molecule has 3 aromatic rings. The van der Waals surface area contributed by atoms with Crippen molar-refractivity contribution in [3.63, 3.8) is 0 Å². The molecule has 0 fully saturated rings. The highest BCUT2D eigenvalue weighted by atomic mass is 16.3. The van der Waals surface area contributed by atoms with Crippen LogP contribution < -0.4 is 5.43 Å². The first-order valence-electron chi connectivity index (χ1n) is 7.13. The lowest BCUT2D eigenvalue weighted by atomic mass is 10.0. The normalized spacial score (nSPS) is 12.8. The van der Waals surface area contributed by atoms with Crippen molar-refractivity contribution in [3.05, 3.63) is 51.4 Å². The summed E-state index contributed by atoms with van der Waals surface area (Å²) in [6.07, 6.45) is 2.75. The Balaban J connectivity index is 2.42. The minimum atomic E-state index is -0.713. The molecule has 0 unspecified atom stereocenters. The van der Waals surface area contributed by atoms with Gasteiger partial charge in [-0.05, 0) is 38.5 Å². The van der Waals surface area contributed by atoms with Gasteiger partial charge in [0.1, 0.15) is 11.3 Å². The number of nitrogens with zero attached hydrogens (tertiary/aromatic N) is 2. The number of aromatic nitrogens is 2. The predicted octanol–water partition coefficient (Wildman–Crippen LogP) is 2.86. The van der Waals surface area contributed by atoms with E-state index in [4.69, 9.17) is 4.42 Å². The van der Waals surface area contributed by atoms with Crippen molar-refractivity contribution in [3.8, 4) is 11.3 Å². The minimum Gasteiger partial charge on any atom is -0.455 e. The number of aliphatic hydroxyl groups is 1. The van der Waals surface area contributed by atoms with Gasteiger partial charge in [0, 0.05) is 24.4 Å². The maximum Gasteiger partial charge on any atom is 0.196 e. The van der Waals surface area contributed by atoms with Gasteiger partial charge in [-0.25, -0.2) is 0 Å². The van der Waals surface area contributed by atoms with Crippen LogP contribution in [-0.4, -0.2) is 14.9 Å². The lowest BCUT2D eigenvalue weighted by Gasteiger charge is -2.12. The molecule has 0 radical (unpaired) electrons. The molecule has 2 heterocycles.